The minimum Gasteiger partial charge on any atom is -0.465 e. The lowest BCUT2D eigenvalue weighted by Gasteiger charge is -2.22. The molecule has 48 heavy (non-hydrogen) atoms. The van der Waals surface area contributed by atoms with E-state index in [-0.39, 0.29) is 31.2 Å². The fourth-order valence-corrected chi connectivity index (χ4v) is 9.36. The molecule has 0 fully saturated rings. The van der Waals surface area contributed by atoms with Gasteiger partial charge in [-0.1, -0.05) is 47.0 Å². The second-order valence-corrected chi connectivity index (χ2v) is 16.6. The number of hydrogen-bond acceptors (Lipinski definition) is 13. The second-order valence-electron chi connectivity index (χ2n) is 12.0. The number of ether oxygens (including phenoxy) is 4. The van der Waals surface area contributed by atoms with Crippen molar-refractivity contribution in [1.82, 2.24) is 9.80 Å². The van der Waals surface area contributed by atoms with Crippen molar-refractivity contribution in [2.75, 3.05) is 26.2 Å². The number of nitrogens with zero attached hydrogens (tertiary/aromatic N) is 4. The molecule has 0 unspecified atom stereocenters. The minimum atomic E-state index is -0.874. The van der Waals surface area contributed by atoms with Crippen LogP contribution in [0.15, 0.2) is 39.3 Å². The highest BCUT2D eigenvalue weighted by Crippen LogP contribution is 2.68. The number of nitriles is 1. The molecule has 258 valence electrons. The van der Waals surface area contributed by atoms with Crippen LogP contribution in [0.2, 0.25) is 0 Å². The average Bonchev–Trinajstić information content (AvgIpc) is 3.60. The van der Waals surface area contributed by atoms with Crippen molar-refractivity contribution in [3.63, 3.8) is 0 Å². The summed E-state index contributed by atoms with van der Waals surface area (Å²) in [6.45, 7) is 26.6. The molecule has 2 heterocycles. The van der Waals surface area contributed by atoms with Crippen LogP contribution < -0.4 is 9.47 Å². The summed E-state index contributed by atoms with van der Waals surface area (Å²) in [6, 6.07) is 1.94. The van der Waals surface area contributed by atoms with Gasteiger partial charge in [0.2, 0.25) is 0 Å². The number of thioether (sulfide) groups is 4. The maximum absolute atomic E-state index is 13.4. The van der Waals surface area contributed by atoms with E-state index in [0.29, 0.717) is 45.8 Å². The van der Waals surface area contributed by atoms with Gasteiger partial charge in [-0.2, -0.15) is 5.26 Å². The standard InChI is InChI=1S/C32H38N4O8S4/c1-12-35(13-2)29(39)41-19-21-22(46-27(45-21)17(16-33)25(37)43-31(5,6)7)20(42-30(40)36(14-3)15-4)24-23(19)47-28(48-24)18(34-11)26(38)44-32(8,9)10/h12-15H2,1-10H3. The van der Waals surface area contributed by atoms with Crippen molar-refractivity contribution in [3.05, 3.63) is 31.2 Å². The normalized spacial score (nSPS) is 13.4. The minimum absolute atomic E-state index is 0.0783. The number of hydrogen-bond donors (Lipinski definition) is 0. The van der Waals surface area contributed by atoms with E-state index in [1.54, 1.807) is 69.2 Å². The van der Waals surface area contributed by atoms with E-state index in [4.69, 9.17) is 25.5 Å². The Bertz CT molecular complexity index is 1490. The van der Waals surface area contributed by atoms with Gasteiger partial charge < -0.3 is 28.7 Å². The largest absolute Gasteiger partial charge is 0.465 e. The molecule has 16 heteroatoms. The van der Waals surface area contributed by atoms with E-state index < -0.39 is 35.3 Å². The predicted octanol–water partition coefficient (Wildman–Crippen LogP) is 8.27. The van der Waals surface area contributed by atoms with Crippen LogP contribution in [-0.2, 0) is 19.1 Å². The molecule has 0 saturated heterocycles. The van der Waals surface area contributed by atoms with Crippen molar-refractivity contribution < 1.29 is 38.1 Å². The molecule has 2 amide bonds. The highest BCUT2D eigenvalue weighted by Gasteiger charge is 2.42. The maximum atomic E-state index is 13.4. The summed E-state index contributed by atoms with van der Waals surface area (Å²) < 4.78 is 23.5. The third-order valence-corrected chi connectivity index (χ3v) is 11.4. The van der Waals surface area contributed by atoms with Gasteiger partial charge in [-0.15, -0.1) is 0 Å². The zero-order valence-electron chi connectivity index (χ0n) is 28.5. The molecule has 12 nitrogen and oxygen atoms in total. The van der Waals surface area contributed by atoms with Crippen LogP contribution in [0.4, 0.5) is 9.59 Å². The summed E-state index contributed by atoms with van der Waals surface area (Å²) in [7, 11) is 0. The number of fused-ring (bicyclic) bond motifs is 2. The van der Waals surface area contributed by atoms with Crippen LogP contribution in [0, 0.1) is 17.9 Å². The Morgan fingerprint density at radius 1 is 0.688 bits per heavy atom. The Kier molecular flexibility index (Phi) is 12.9. The van der Waals surface area contributed by atoms with Crippen molar-refractivity contribution in [2.45, 2.75) is 100 Å². The summed E-state index contributed by atoms with van der Waals surface area (Å²) in [5.41, 5.74) is -2.29. The quantitative estimate of drug-likeness (QED) is 0.110. The molecular formula is C32H38N4O8S4. The average molecular weight is 735 g/mol. The van der Waals surface area contributed by atoms with Gasteiger partial charge in [0.15, 0.2) is 17.1 Å². The molecule has 0 aliphatic carbocycles. The van der Waals surface area contributed by atoms with Gasteiger partial charge in [0.05, 0.1) is 34.6 Å². The Balaban J connectivity index is 2.35. The smallest absolute Gasteiger partial charge is 0.415 e. The van der Waals surface area contributed by atoms with E-state index >= 15 is 0 Å². The number of carbonyl (C=O) groups excluding carboxylic acids is 4. The fourth-order valence-electron chi connectivity index (χ4n) is 4.06. The molecule has 1 aromatic carbocycles. The third-order valence-electron chi connectivity index (χ3n) is 6.25. The van der Waals surface area contributed by atoms with E-state index in [9.17, 15) is 24.4 Å². The number of rotatable bonds is 8. The van der Waals surface area contributed by atoms with Gasteiger partial charge >= 0.3 is 24.1 Å². The zero-order valence-corrected chi connectivity index (χ0v) is 31.8. The first-order valence-electron chi connectivity index (χ1n) is 15.0. The van der Waals surface area contributed by atoms with E-state index in [2.05, 4.69) is 4.85 Å². The van der Waals surface area contributed by atoms with Crippen LogP contribution in [0.1, 0.15) is 69.2 Å². The first-order valence-corrected chi connectivity index (χ1v) is 18.3. The summed E-state index contributed by atoms with van der Waals surface area (Å²) in [6.07, 6.45) is -1.32. The molecule has 0 radical (unpaired) electrons. The molecule has 0 bridgehead atoms. The number of esters is 2. The van der Waals surface area contributed by atoms with E-state index in [1.807, 2.05) is 6.07 Å². The van der Waals surface area contributed by atoms with Gasteiger partial charge in [-0.25, -0.2) is 19.2 Å². The highest BCUT2D eigenvalue weighted by molar-refractivity contribution is 8.26. The predicted molar refractivity (Wildman–Crippen MR) is 186 cm³/mol. The van der Waals surface area contributed by atoms with Crippen molar-refractivity contribution >= 4 is 71.2 Å². The molecule has 3 rings (SSSR count). The van der Waals surface area contributed by atoms with Gasteiger partial charge in [0.25, 0.3) is 5.70 Å². The van der Waals surface area contributed by atoms with Gasteiger partial charge in [-0.3, -0.25) is 4.79 Å². The van der Waals surface area contributed by atoms with Gasteiger partial charge in [-0.05, 0) is 69.2 Å². The summed E-state index contributed by atoms with van der Waals surface area (Å²) in [4.78, 5) is 60.7. The first-order chi connectivity index (χ1) is 22.4. The van der Waals surface area contributed by atoms with Crippen LogP contribution in [0.25, 0.3) is 4.85 Å². The fraction of sp³-hybridized carbons (Fsp3) is 0.500. The third kappa shape index (κ3) is 8.96. The zero-order chi connectivity index (χ0) is 36.1. The Hall–Kier alpha value is -3.44. The number of benzene rings is 1. The molecule has 2 aliphatic heterocycles. The molecular weight excluding hydrogens is 697 g/mol. The molecule has 0 aromatic heterocycles. The number of amides is 2. The molecule has 0 spiro atoms. The molecule has 0 N–H and O–H groups in total. The lowest BCUT2D eigenvalue weighted by molar-refractivity contribution is -0.150. The van der Waals surface area contributed by atoms with Crippen molar-refractivity contribution in [3.8, 4) is 17.6 Å². The van der Waals surface area contributed by atoms with Crippen molar-refractivity contribution in [2.24, 2.45) is 0 Å². The summed E-state index contributed by atoms with van der Waals surface area (Å²) >= 11 is 4.02. The highest BCUT2D eigenvalue weighted by atomic mass is 32.2. The SMILES string of the molecule is [C-]#[N+]C(C(=O)OC(C)(C)C)=C1Sc2c(OC(=O)N(CC)CC)c3c(c(OC(=O)N(CC)CC)c2S1)SC(=C(C#N)C(=O)OC(C)(C)C)S3. The maximum Gasteiger partial charge on any atom is 0.415 e. The second kappa shape index (κ2) is 15.8. The topological polar surface area (TPSA) is 140 Å². The molecule has 0 atom stereocenters. The first kappa shape index (κ1) is 39.0. The van der Waals surface area contributed by atoms with Crippen LogP contribution in [-0.4, -0.2) is 71.3 Å². The van der Waals surface area contributed by atoms with Gasteiger partial charge in [0.1, 0.15) is 17.3 Å². The van der Waals surface area contributed by atoms with Gasteiger partial charge in [0, 0.05) is 26.2 Å². The van der Waals surface area contributed by atoms with E-state index in [1.165, 1.54) is 9.80 Å². The van der Waals surface area contributed by atoms with Crippen LogP contribution >= 0.6 is 47.0 Å². The van der Waals surface area contributed by atoms with Crippen molar-refractivity contribution in [1.29, 1.82) is 5.26 Å². The van der Waals surface area contributed by atoms with E-state index in [0.717, 1.165) is 47.0 Å². The Morgan fingerprint density at radius 2 is 1.04 bits per heavy atom. The number of carbonyl (C=O) groups is 4. The Labute approximate surface area is 298 Å². The monoisotopic (exact) mass is 734 g/mol. The lowest BCUT2D eigenvalue weighted by atomic mass is 10.2. The molecule has 2 aliphatic rings. The van der Waals surface area contributed by atoms with Crippen LogP contribution in [0.5, 0.6) is 11.5 Å². The molecule has 0 saturated carbocycles. The molecule has 1 aromatic rings. The Morgan fingerprint density at radius 3 is 1.35 bits per heavy atom. The summed E-state index contributed by atoms with van der Waals surface area (Å²) in [5, 5.41) is 10.1. The summed E-state index contributed by atoms with van der Waals surface area (Å²) in [5.74, 6) is -1.51. The lowest BCUT2D eigenvalue weighted by Crippen LogP contribution is -2.33. The van der Waals surface area contributed by atoms with Crippen LogP contribution in [0.3, 0.4) is 0 Å².